The standard InChI is InChI=1S/C9H6BrFN2O2/c10-4-1-2-5(11)9(14)8(4)6-3-7(12)13-15-6/h1-3,14H,(H2,12,13). The van der Waals surface area contributed by atoms with Crippen LogP contribution in [0.1, 0.15) is 0 Å². The molecule has 0 spiro atoms. The summed E-state index contributed by atoms with van der Waals surface area (Å²) in [6.07, 6.45) is 0. The van der Waals surface area contributed by atoms with Crippen LogP contribution in [0.15, 0.2) is 27.2 Å². The number of nitrogens with zero attached hydrogens (tertiary/aromatic N) is 1. The van der Waals surface area contributed by atoms with Gasteiger partial charge in [-0.3, -0.25) is 0 Å². The predicted octanol–water partition coefficient (Wildman–Crippen LogP) is 2.53. The summed E-state index contributed by atoms with van der Waals surface area (Å²) in [6.45, 7) is 0. The topological polar surface area (TPSA) is 72.3 Å². The van der Waals surface area contributed by atoms with E-state index in [4.69, 9.17) is 10.3 Å². The van der Waals surface area contributed by atoms with Crippen molar-refractivity contribution < 1.29 is 14.0 Å². The van der Waals surface area contributed by atoms with Crippen molar-refractivity contribution in [3.63, 3.8) is 0 Å². The Labute approximate surface area is 92.6 Å². The van der Waals surface area contributed by atoms with E-state index in [1.807, 2.05) is 0 Å². The highest BCUT2D eigenvalue weighted by molar-refractivity contribution is 9.10. The molecule has 0 aliphatic rings. The van der Waals surface area contributed by atoms with E-state index < -0.39 is 11.6 Å². The third-order valence-electron chi connectivity index (χ3n) is 1.85. The molecule has 1 heterocycles. The van der Waals surface area contributed by atoms with Gasteiger partial charge in [0.05, 0.1) is 5.56 Å². The van der Waals surface area contributed by atoms with Gasteiger partial charge in [0.25, 0.3) is 0 Å². The molecule has 0 atom stereocenters. The Hall–Kier alpha value is -1.56. The molecule has 6 heteroatoms. The highest BCUT2D eigenvalue weighted by Gasteiger charge is 2.17. The summed E-state index contributed by atoms with van der Waals surface area (Å²) >= 11 is 3.17. The molecule has 1 aromatic carbocycles. The summed E-state index contributed by atoms with van der Waals surface area (Å²) < 4.78 is 18.4. The Morgan fingerprint density at radius 2 is 2.20 bits per heavy atom. The molecule has 78 valence electrons. The molecule has 0 saturated carbocycles. The van der Waals surface area contributed by atoms with Crippen molar-refractivity contribution in [2.24, 2.45) is 0 Å². The molecule has 2 aromatic rings. The Balaban J connectivity index is 2.66. The first-order valence-corrected chi connectivity index (χ1v) is 4.78. The Morgan fingerprint density at radius 1 is 1.47 bits per heavy atom. The van der Waals surface area contributed by atoms with Gasteiger partial charge in [-0.2, -0.15) is 0 Å². The fourth-order valence-electron chi connectivity index (χ4n) is 1.18. The fraction of sp³-hybridized carbons (Fsp3) is 0. The van der Waals surface area contributed by atoms with E-state index in [1.165, 1.54) is 12.1 Å². The summed E-state index contributed by atoms with van der Waals surface area (Å²) in [6, 6.07) is 4.00. The SMILES string of the molecule is Nc1cc(-c2c(Br)ccc(F)c2O)on1. The highest BCUT2D eigenvalue weighted by atomic mass is 79.9. The Morgan fingerprint density at radius 3 is 2.80 bits per heavy atom. The van der Waals surface area contributed by atoms with E-state index in [2.05, 4.69) is 21.1 Å². The number of aromatic hydroxyl groups is 1. The second-order valence-electron chi connectivity index (χ2n) is 2.87. The summed E-state index contributed by atoms with van der Waals surface area (Å²) in [7, 11) is 0. The number of phenolic OH excluding ortho intramolecular Hbond substituents is 1. The first kappa shape index (κ1) is 9.97. The molecule has 15 heavy (non-hydrogen) atoms. The zero-order valence-corrected chi connectivity index (χ0v) is 8.95. The van der Waals surface area contributed by atoms with Crippen molar-refractivity contribution in [1.29, 1.82) is 0 Å². The van der Waals surface area contributed by atoms with Crippen LogP contribution < -0.4 is 5.73 Å². The molecule has 0 saturated heterocycles. The van der Waals surface area contributed by atoms with E-state index in [-0.39, 0.29) is 17.1 Å². The van der Waals surface area contributed by atoms with Gasteiger partial charge in [-0.1, -0.05) is 5.16 Å². The van der Waals surface area contributed by atoms with Gasteiger partial charge in [0, 0.05) is 10.5 Å². The minimum absolute atomic E-state index is 0.167. The molecule has 0 bridgehead atoms. The van der Waals surface area contributed by atoms with Crippen LogP contribution in [0.4, 0.5) is 10.2 Å². The lowest BCUT2D eigenvalue weighted by molar-refractivity contribution is 0.416. The van der Waals surface area contributed by atoms with Crippen LogP contribution in [0.2, 0.25) is 0 Å². The quantitative estimate of drug-likeness (QED) is 0.837. The minimum Gasteiger partial charge on any atom is -0.504 e. The van der Waals surface area contributed by atoms with Crippen LogP contribution in [-0.2, 0) is 0 Å². The maximum absolute atomic E-state index is 13.1. The number of aromatic nitrogens is 1. The molecular formula is C9H6BrFN2O2. The van der Waals surface area contributed by atoms with Crippen LogP contribution >= 0.6 is 15.9 Å². The maximum atomic E-state index is 13.1. The lowest BCUT2D eigenvalue weighted by Crippen LogP contribution is -1.83. The van der Waals surface area contributed by atoms with Gasteiger partial charge in [-0.05, 0) is 28.1 Å². The molecule has 4 nitrogen and oxygen atoms in total. The van der Waals surface area contributed by atoms with Crippen LogP contribution in [0, 0.1) is 5.82 Å². The van der Waals surface area contributed by atoms with Crippen LogP contribution in [0.25, 0.3) is 11.3 Å². The molecule has 0 fully saturated rings. The average molecular weight is 273 g/mol. The highest BCUT2D eigenvalue weighted by Crippen LogP contribution is 2.38. The van der Waals surface area contributed by atoms with E-state index in [0.717, 1.165) is 6.07 Å². The number of anilines is 1. The number of benzene rings is 1. The van der Waals surface area contributed by atoms with Gasteiger partial charge in [-0.25, -0.2) is 4.39 Å². The number of phenols is 1. The Bertz CT molecular complexity index is 513. The summed E-state index contributed by atoms with van der Waals surface area (Å²) in [5.74, 6) is -0.861. The third kappa shape index (κ3) is 1.68. The van der Waals surface area contributed by atoms with Crippen molar-refractivity contribution in [2.45, 2.75) is 0 Å². The first-order chi connectivity index (χ1) is 7.09. The summed E-state index contributed by atoms with van der Waals surface area (Å²) in [4.78, 5) is 0. The second-order valence-corrected chi connectivity index (χ2v) is 3.72. The van der Waals surface area contributed by atoms with Gasteiger partial charge in [0.1, 0.15) is 0 Å². The average Bonchev–Trinajstić information content (AvgIpc) is 2.59. The summed E-state index contributed by atoms with van der Waals surface area (Å²) in [5.41, 5.74) is 5.55. The largest absolute Gasteiger partial charge is 0.504 e. The number of hydrogen-bond acceptors (Lipinski definition) is 4. The van der Waals surface area contributed by atoms with Crippen LogP contribution in [0.5, 0.6) is 5.75 Å². The lowest BCUT2D eigenvalue weighted by Gasteiger charge is -2.03. The van der Waals surface area contributed by atoms with E-state index in [9.17, 15) is 9.50 Å². The van der Waals surface area contributed by atoms with Crippen LogP contribution in [0.3, 0.4) is 0 Å². The van der Waals surface area contributed by atoms with Crippen LogP contribution in [-0.4, -0.2) is 10.3 Å². The molecule has 1 aromatic heterocycles. The van der Waals surface area contributed by atoms with Gasteiger partial charge in [0.2, 0.25) is 0 Å². The van der Waals surface area contributed by atoms with Gasteiger partial charge in [-0.15, -0.1) is 0 Å². The summed E-state index contributed by atoms with van der Waals surface area (Å²) in [5, 5.41) is 13.0. The van der Waals surface area contributed by atoms with Crippen molar-refractivity contribution in [3.05, 3.63) is 28.5 Å². The van der Waals surface area contributed by atoms with E-state index >= 15 is 0 Å². The van der Waals surface area contributed by atoms with Crippen molar-refractivity contribution in [1.82, 2.24) is 5.16 Å². The predicted molar refractivity (Wildman–Crippen MR) is 55.7 cm³/mol. The number of nitrogen functional groups attached to an aromatic ring is 1. The molecular weight excluding hydrogens is 267 g/mol. The normalized spacial score (nSPS) is 10.5. The number of rotatable bonds is 1. The van der Waals surface area contributed by atoms with Crippen molar-refractivity contribution >= 4 is 21.7 Å². The molecule has 0 radical (unpaired) electrons. The van der Waals surface area contributed by atoms with Gasteiger partial charge in [0.15, 0.2) is 23.1 Å². The minimum atomic E-state index is -0.733. The van der Waals surface area contributed by atoms with Crippen molar-refractivity contribution in [3.8, 4) is 17.1 Å². The Kier molecular flexibility index (Phi) is 2.36. The second kappa shape index (κ2) is 3.54. The zero-order chi connectivity index (χ0) is 11.0. The van der Waals surface area contributed by atoms with Gasteiger partial charge < -0.3 is 15.4 Å². The number of nitrogens with two attached hydrogens (primary N) is 1. The van der Waals surface area contributed by atoms with Crippen molar-refractivity contribution in [2.75, 3.05) is 5.73 Å². The lowest BCUT2D eigenvalue weighted by atomic mass is 10.1. The van der Waals surface area contributed by atoms with E-state index in [1.54, 1.807) is 0 Å². The zero-order valence-electron chi connectivity index (χ0n) is 7.37. The van der Waals surface area contributed by atoms with Gasteiger partial charge >= 0.3 is 0 Å². The number of halogens is 2. The first-order valence-electron chi connectivity index (χ1n) is 3.99. The maximum Gasteiger partial charge on any atom is 0.174 e. The monoisotopic (exact) mass is 272 g/mol. The molecule has 0 aliphatic carbocycles. The third-order valence-corrected chi connectivity index (χ3v) is 2.51. The fourth-order valence-corrected chi connectivity index (χ4v) is 1.70. The van der Waals surface area contributed by atoms with E-state index in [0.29, 0.717) is 4.47 Å². The number of hydrogen-bond donors (Lipinski definition) is 2. The molecule has 0 unspecified atom stereocenters. The smallest absolute Gasteiger partial charge is 0.174 e. The molecule has 0 amide bonds. The molecule has 0 aliphatic heterocycles. The molecule has 3 N–H and O–H groups in total. The molecule has 2 rings (SSSR count).